The molecule has 110 valence electrons. The highest BCUT2D eigenvalue weighted by molar-refractivity contribution is 5.76. The standard InChI is InChI=1S/C17H26N2O/c1-11-6-4-8-15(12(11)2)13(3)19-17(20)10-14-7-5-9-16(14)18/h4,6,8,13-14,16H,5,7,9-10,18H2,1-3H3,(H,19,20)/t13?,14-,16+/m0/s1. The molecule has 1 aliphatic carbocycles. The number of nitrogens with two attached hydrogens (primary N) is 1. The zero-order valence-electron chi connectivity index (χ0n) is 12.8. The molecule has 0 bridgehead atoms. The van der Waals surface area contributed by atoms with Crippen molar-refractivity contribution < 1.29 is 4.79 Å². The first-order valence-corrected chi connectivity index (χ1v) is 7.60. The number of nitrogens with one attached hydrogen (secondary N) is 1. The van der Waals surface area contributed by atoms with Gasteiger partial charge in [-0.1, -0.05) is 24.6 Å². The van der Waals surface area contributed by atoms with E-state index in [2.05, 4.69) is 31.3 Å². The molecule has 1 aromatic rings. The van der Waals surface area contributed by atoms with Gasteiger partial charge in [0.05, 0.1) is 6.04 Å². The van der Waals surface area contributed by atoms with Crippen molar-refractivity contribution in [3.63, 3.8) is 0 Å². The van der Waals surface area contributed by atoms with Crippen LogP contribution in [0.5, 0.6) is 0 Å². The third kappa shape index (κ3) is 3.40. The Bertz CT molecular complexity index is 484. The van der Waals surface area contributed by atoms with Crippen LogP contribution in [-0.4, -0.2) is 11.9 Å². The lowest BCUT2D eigenvalue weighted by molar-refractivity contribution is -0.122. The quantitative estimate of drug-likeness (QED) is 0.886. The van der Waals surface area contributed by atoms with Crippen molar-refractivity contribution in [1.82, 2.24) is 5.32 Å². The van der Waals surface area contributed by atoms with Gasteiger partial charge in [0.15, 0.2) is 0 Å². The van der Waals surface area contributed by atoms with Gasteiger partial charge in [-0.05, 0) is 56.2 Å². The van der Waals surface area contributed by atoms with E-state index in [1.807, 2.05) is 13.0 Å². The maximum Gasteiger partial charge on any atom is 0.220 e. The van der Waals surface area contributed by atoms with Crippen LogP contribution < -0.4 is 11.1 Å². The van der Waals surface area contributed by atoms with E-state index in [1.54, 1.807) is 0 Å². The summed E-state index contributed by atoms with van der Waals surface area (Å²) in [5.41, 5.74) is 9.76. The van der Waals surface area contributed by atoms with Crippen molar-refractivity contribution in [2.45, 2.75) is 58.5 Å². The Morgan fingerprint density at radius 3 is 2.80 bits per heavy atom. The summed E-state index contributed by atoms with van der Waals surface area (Å²) < 4.78 is 0. The minimum absolute atomic E-state index is 0.0556. The van der Waals surface area contributed by atoms with Gasteiger partial charge >= 0.3 is 0 Å². The number of carbonyl (C=O) groups excluding carboxylic acids is 1. The van der Waals surface area contributed by atoms with E-state index in [9.17, 15) is 4.79 Å². The smallest absolute Gasteiger partial charge is 0.220 e. The van der Waals surface area contributed by atoms with Crippen LogP contribution in [-0.2, 0) is 4.79 Å². The molecule has 0 spiro atoms. The summed E-state index contributed by atoms with van der Waals surface area (Å²) in [5, 5.41) is 3.12. The second-order valence-electron chi connectivity index (χ2n) is 6.14. The van der Waals surface area contributed by atoms with Crippen molar-refractivity contribution in [3.05, 3.63) is 34.9 Å². The predicted octanol–water partition coefficient (Wildman–Crippen LogP) is 3.00. The van der Waals surface area contributed by atoms with Gasteiger partial charge in [0.1, 0.15) is 0 Å². The Labute approximate surface area is 121 Å². The summed E-state index contributed by atoms with van der Waals surface area (Å²) in [4.78, 5) is 12.2. The minimum atomic E-state index is 0.0556. The molecule has 20 heavy (non-hydrogen) atoms. The summed E-state index contributed by atoms with van der Waals surface area (Å²) in [5.74, 6) is 0.488. The van der Waals surface area contributed by atoms with E-state index in [4.69, 9.17) is 5.73 Å². The Morgan fingerprint density at radius 2 is 2.15 bits per heavy atom. The highest BCUT2D eigenvalue weighted by Crippen LogP contribution is 2.27. The maximum absolute atomic E-state index is 12.2. The normalized spacial score (nSPS) is 23.6. The number of hydrogen-bond acceptors (Lipinski definition) is 2. The van der Waals surface area contributed by atoms with Crippen LogP contribution in [0.3, 0.4) is 0 Å². The fraction of sp³-hybridized carbons (Fsp3) is 0.588. The third-order valence-corrected chi connectivity index (χ3v) is 4.66. The van der Waals surface area contributed by atoms with E-state index in [1.165, 1.54) is 16.7 Å². The van der Waals surface area contributed by atoms with Gasteiger partial charge in [0, 0.05) is 12.5 Å². The summed E-state index contributed by atoms with van der Waals surface area (Å²) in [6, 6.07) is 6.50. The van der Waals surface area contributed by atoms with Crippen LogP contribution in [0.2, 0.25) is 0 Å². The topological polar surface area (TPSA) is 55.1 Å². The number of benzene rings is 1. The van der Waals surface area contributed by atoms with Crippen molar-refractivity contribution in [1.29, 1.82) is 0 Å². The average Bonchev–Trinajstić information content (AvgIpc) is 2.78. The van der Waals surface area contributed by atoms with Gasteiger partial charge in [-0.25, -0.2) is 0 Å². The van der Waals surface area contributed by atoms with Gasteiger partial charge in [-0.3, -0.25) is 4.79 Å². The van der Waals surface area contributed by atoms with Gasteiger partial charge < -0.3 is 11.1 Å². The van der Waals surface area contributed by atoms with Crippen molar-refractivity contribution >= 4 is 5.91 Å². The Kier molecular flexibility index (Phi) is 4.81. The Hall–Kier alpha value is -1.35. The van der Waals surface area contributed by atoms with E-state index >= 15 is 0 Å². The molecule has 3 atom stereocenters. The largest absolute Gasteiger partial charge is 0.350 e. The summed E-state index contributed by atoms with van der Waals surface area (Å²) in [6.45, 7) is 6.26. The SMILES string of the molecule is Cc1cccc(C(C)NC(=O)C[C@@H]2CCC[C@H]2N)c1C. The highest BCUT2D eigenvalue weighted by Gasteiger charge is 2.26. The first-order valence-electron chi connectivity index (χ1n) is 7.60. The Balaban J connectivity index is 1.95. The first kappa shape index (κ1) is 15.0. The van der Waals surface area contributed by atoms with Crippen molar-refractivity contribution in [3.8, 4) is 0 Å². The molecule has 1 amide bonds. The van der Waals surface area contributed by atoms with Crippen LogP contribution in [0, 0.1) is 19.8 Å². The van der Waals surface area contributed by atoms with E-state index in [0.717, 1.165) is 19.3 Å². The molecule has 1 aromatic carbocycles. The number of aryl methyl sites for hydroxylation is 1. The van der Waals surface area contributed by atoms with Crippen LogP contribution >= 0.6 is 0 Å². The third-order valence-electron chi connectivity index (χ3n) is 4.66. The predicted molar refractivity (Wildman–Crippen MR) is 82.4 cm³/mol. The molecule has 0 saturated heterocycles. The number of amides is 1. The van der Waals surface area contributed by atoms with Crippen molar-refractivity contribution in [2.75, 3.05) is 0 Å². The van der Waals surface area contributed by atoms with Crippen LogP contribution in [0.1, 0.15) is 55.3 Å². The second-order valence-corrected chi connectivity index (χ2v) is 6.14. The van der Waals surface area contributed by atoms with Gasteiger partial charge in [0.2, 0.25) is 5.91 Å². The lowest BCUT2D eigenvalue weighted by atomic mass is 9.97. The highest BCUT2D eigenvalue weighted by atomic mass is 16.1. The summed E-state index contributed by atoms with van der Waals surface area (Å²) in [7, 11) is 0. The molecule has 1 unspecified atom stereocenters. The molecule has 1 aliphatic rings. The molecule has 1 fully saturated rings. The van der Waals surface area contributed by atoms with E-state index < -0.39 is 0 Å². The minimum Gasteiger partial charge on any atom is -0.350 e. The zero-order valence-corrected chi connectivity index (χ0v) is 12.8. The van der Waals surface area contributed by atoms with Gasteiger partial charge in [-0.2, -0.15) is 0 Å². The average molecular weight is 274 g/mol. The number of carbonyl (C=O) groups is 1. The van der Waals surface area contributed by atoms with E-state index in [-0.39, 0.29) is 18.0 Å². The molecular weight excluding hydrogens is 248 g/mol. The lowest BCUT2D eigenvalue weighted by Gasteiger charge is -2.20. The molecule has 3 N–H and O–H groups in total. The van der Waals surface area contributed by atoms with Crippen LogP contribution in [0.4, 0.5) is 0 Å². The molecule has 0 aromatic heterocycles. The Morgan fingerprint density at radius 1 is 1.40 bits per heavy atom. The molecule has 1 saturated carbocycles. The number of rotatable bonds is 4. The molecule has 3 nitrogen and oxygen atoms in total. The van der Waals surface area contributed by atoms with Crippen molar-refractivity contribution in [2.24, 2.45) is 11.7 Å². The zero-order chi connectivity index (χ0) is 14.7. The summed E-state index contributed by atoms with van der Waals surface area (Å²) >= 11 is 0. The number of hydrogen-bond donors (Lipinski definition) is 2. The van der Waals surface area contributed by atoms with E-state index in [0.29, 0.717) is 12.3 Å². The molecule has 0 heterocycles. The second kappa shape index (κ2) is 6.40. The van der Waals surface area contributed by atoms with Crippen LogP contribution in [0.15, 0.2) is 18.2 Å². The monoisotopic (exact) mass is 274 g/mol. The fourth-order valence-corrected chi connectivity index (χ4v) is 3.18. The maximum atomic E-state index is 12.2. The molecule has 0 radical (unpaired) electrons. The van der Waals surface area contributed by atoms with Gasteiger partial charge in [-0.15, -0.1) is 0 Å². The fourth-order valence-electron chi connectivity index (χ4n) is 3.18. The lowest BCUT2D eigenvalue weighted by Crippen LogP contribution is -2.33. The summed E-state index contributed by atoms with van der Waals surface area (Å²) in [6.07, 6.45) is 3.87. The molecular formula is C17H26N2O. The van der Waals surface area contributed by atoms with Crippen LogP contribution in [0.25, 0.3) is 0 Å². The molecule has 3 heteroatoms. The van der Waals surface area contributed by atoms with Gasteiger partial charge in [0.25, 0.3) is 0 Å². The molecule has 2 rings (SSSR count). The first-order chi connectivity index (χ1) is 9.49. The molecule has 0 aliphatic heterocycles.